The van der Waals surface area contributed by atoms with Crippen LogP contribution in [-0.4, -0.2) is 36.9 Å². The molecule has 3 fully saturated rings. The molecule has 0 aromatic heterocycles. The van der Waals surface area contributed by atoms with Gasteiger partial charge in [0.15, 0.2) is 0 Å². The number of carbonyl (C=O) groups is 1. The number of ether oxygens (including phenoxy) is 2. The maximum Gasteiger partial charge on any atom is 0.222 e. The van der Waals surface area contributed by atoms with E-state index in [1.165, 1.54) is 0 Å². The molecule has 1 unspecified atom stereocenters. The van der Waals surface area contributed by atoms with Crippen LogP contribution < -0.4 is 10.1 Å². The summed E-state index contributed by atoms with van der Waals surface area (Å²) in [6, 6.07) is 8.40. The molecule has 3 aliphatic rings. The summed E-state index contributed by atoms with van der Waals surface area (Å²) in [5.74, 6) is 1.83. The lowest BCUT2D eigenvalue weighted by molar-refractivity contribution is -0.138. The van der Waals surface area contributed by atoms with Crippen molar-refractivity contribution >= 4 is 5.91 Å². The number of fused-ring (bicyclic) bond motifs is 1. The van der Waals surface area contributed by atoms with Gasteiger partial charge in [0.1, 0.15) is 5.75 Å². The Labute approximate surface area is 174 Å². The highest BCUT2D eigenvalue weighted by Gasteiger charge is 2.68. The molecule has 1 heterocycles. The fourth-order valence-corrected chi connectivity index (χ4v) is 6.49. The minimum Gasteiger partial charge on any atom is -0.493 e. The van der Waals surface area contributed by atoms with E-state index in [0.29, 0.717) is 25.0 Å². The largest absolute Gasteiger partial charge is 0.493 e. The summed E-state index contributed by atoms with van der Waals surface area (Å²) in [6.45, 7) is 8.03. The van der Waals surface area contributed by atoms with Gasteiger partial charge in [0.2, 0.25) is 5.91 Å². The monoisotopic (exact) mass is 401 g/mol. The van der Waals surface area contributed by atoms with E-state index in [1.54, 1.807) is 0 Å². The van der Waals surface area contributed by atoms with Crippen LogP contribution in [0.25, 0.3) is 0 Å². The third-order valence-electron chi connectivity index (χ3n) is 7.84. The molecule has 2 bridgehead atoms. The van der Waals surface area contributed by atoms with E-state index in [-0.39, 0.29) is 41.9 Å². The van der Waals surface area contributed by atoms with Crippen LogP contribution in [0.4, 0.5) is 0 Å². The molecule has 0 radical (unpaired) electrons. The van der Waals surface area contributed by atoms with E-state index < -0.39 is 0 Å². The Kier molecular flexibility index (Phi) is 5.64. The minimum absolute atomic E-state index is 0.00940. The summed E-state index contributed by atoms with van der Waals surface area (Å²) >= 11 is 0. The van der Waals surface area contributed by atoms with E-state index >= 15 is 0 Å². The van der Waals surface area contributed by atoms with Crippen LogP contribution in [0.2, 0.25) is 0 Å². The Bertz CT molecular complexity index is 748. The maximum absolute atomic E-state index is 12.4. The second-order valence-corrected chi connectivity index (χ2v) is 9.70. The van der Waals surface area contributed by atoms with Crippen LogP contribution in [0.3, 0.4) is 0 Å². The van der Waals surface area contributed by atoms with Crippen molar-refractivity contribution < 1.29 is 19.4 Å². The summed E-state index contributed by atoms with van der Waals surface area (Å²) in [4.78, 5) is 12.4. The smallest absolute Gasteiger partial charge is 0.222 e. The Morgan fingerprint density at radius 2 is 2.14 bits per heavy atom. The van der Waals surface area contributed by atoms with Crippen LogP contribution in [0, 0.1) is 22.7 Å². The second kappa shape index (κ2) is 7.92. The number of benzene rings is 1. The van der Waals surface area contributed by atoms with Gasteiger partial charge in [-0.3, -0.25) is 4.79 Å². The van der Waals surface area contributed by atoms with Crippen molar-refractivity contribution in [1.82, 2.24) is 5.32 Å². The molecule has 1 amide bonds. The van der Waals surface area contributed by atoms with Crippen molar-refractivity contribution in [1.29, 1.82) is 0 Å². The van der Waals surface area contributed by atoms with Crippen molar-refractivity contribution in [2.24, 2.45) is 22.7 Å². The zero-order valence-corrected chi connectivity index (χ0v) is 17.9. The van der Waals surface area contributed by atoms with Crippen molar-refractivity contribution in [3.63, 3.8) is 0 Å². The van der Waals surface area contributed by atoms with Crippen LogP contribution in [0.15, 0.2) is 24.3 Å². The molecule has 29 heavy (non-hydrogen) atoms. The highest BCUT2D eigenvalue weighted by Crippen LogP contribution is 2.70. The molecule has 1 aromatic carbocycles. The molecular weight excluding hydrogens is 366 g/mol. The van der Waals surface area contributed by atoms with Crippen molar-refractivity contribution in [3.05, 3.63) is 29.8 Å². The zero-order valence-electron chi connectivity index (χ0n) is 17.9. The summed E-state index contributed by atoms with van der Waals surface area (Å²) in [5, 5.41) is 12.5. The van der Waals surface area contributed by atoms with Crippen molar-refractivity contribution in [2.45, 2.75) is 65.0 Å². The molecule has 5 atom stereocenters. The van der Waals surface area contributed by atoms with Gasteiger partial charge in [0, 0.05) is 24.6 Å². The SMILES string of the molecule is CCCOc1ccccc1[C@H]1OCCC23C[C@@H](C[C@H]12)C(C)(C)[C@@H]3NC(=O)CCO. The van der Waals surface area contributed by atoms with Crippen LogP contribution in [0.5, 0.6) is 5.75 Å². The fraction of sp³-hybridized carbons (Fsp3) is 0.708. The lowest BCUT2D eigenvalue weighted by Gasteiger charge is -2.53. The topological polar surface area (TPSA) is 67.8 Å². The molecule has 2 N–H and O–H groups in total. The Morgan fingerprint density at radius 3 is 2.90 bits per heavy atom. The summed E-state index contributed by atoms with van der Waals surface area (Å²) in [5.41, 5.74) is 1.26. The van der Waals surface area contributed by atoms with E-state index in [4.69, 9.17) is 9.47 Å². The molecular formula is C24H35NO4. The van der Waals surface area contributed by atoms with Crippen LogP contribution in [-0.2, 0) is 9.53 Å². The summed E-state index contributed by atoms with van der Waals surface area (Å²) < 4.78 is 12.4. The third kappa shape index (κ3) is 3.36. The van der Waals surface area contributed by atoms with Crippen molar-refractivity contribution in [3.8, 4) is 5.75 Å². The number of hydrogen-bond acceptors (Lipinski definition) is 4. The van der Waals surface area contributed by atoms with Gasteiger partial charge in [-0.2, -0.15) is 0 Å². The first kappa shape index (κ1) is 20.7. The van der Waals surface area contributed by atoms with Crippen LogP contribution >= 0.6 is 0 Å². The molecule has 1 aliphatic heterocycles. The Balaban J connectivity index is 1.66. The molecule has 1 saturated heterocycles. The number of para-hydroxylation sites is 1. The predicted molar refractivity (Wildman–Crippen MR) is 112 cm³/mol. The zero-order chi connectivity index (χ0) is 20.6. The average Bonchev–Trinajstić information content (AvgIpc) is 3.19. The van der Waals surface area contributed by atoms with Gasteiger partial charge < -0.3 is 19.9 Å². The number of nitrogens with one attached hydrogen (secondary N) is 1. The first-order chi connectivity index (χ1) is 13.9. The first-order valence-electron chi connectivity index (χ1n) is 11.2. The van der Waals surface area contributed by atoms with Gasteiger partial charge in [-0.1, -0.05) is 39.0 Å². The molecule has 1 spiro atoms. The predicted octanol–water partition coefficient (Wildman–Crippen LogP) is 3.86. The van der Waals surface area contributed by atoms with Gasteiger partial charge >= 0.3 is 0 Å². The summed E-state index contributed by atoms with van der Waals surface area (Å²) in [7, 11) is 0. The van der Waals surface area contributed by atoms with Crippen LogP contribution in [0.1, 0.15) is 64.5 Å². The number of amides is 1. The lowest BCUT2D eigenvalue weighted by atomic mass is 9.58. The standard InChI is InChI=1S/C24H35NO4/c1-4-12-28-19-8-6-5-7-17(19)21-18-14-16-15-24(18,10-13-29-21)22(23(16,2)3)25-20(27)9-11-26/h5-8,16,18,21-22,26H,4,9-15H2,1-3H3,(H,25,27)/t16-,18-,21-,22+,24?/m1/s1. The van der Waals surface area contributed by atoms with E-state index in [0.717, 1.165) is 37.0 Å². The normalized spacial score (nSPS) is 34.6. The molecule has 4 rings (SSSR count). The minimum atomic E-state index is -0.104. The first-order valence-corrected chi connectivity index (χ1v) is 11.2. The third-order valence-corrected chi connectivity index (χ3v) is 7.84. The number of hydrogen-bond donors (Lipinski definition) is 2. The average molecular weight is 402 g/mol. The van der Waals surface area contributed by atoms with Gasteiger partial charge in [0.05, 0.1) is 19.3 Å². The quantitative estimate of drug-likeness (QED) is 0.728. The fourth-order valence-electron chi connectivity index (χ4n) is 6.49. The number of rotatable bonds is 7. The van der Waals surface area contributed by atoms with Gasteiger partial charge in [-0.25, -0.2) is 0 Å². The highest BCUT2D eigenvalue weighted by molar-refractivity contribution is 5.76. The van der Waals surface area contributed by atoms with E-state index in [2.05, 4.69) is 38.2 Å². The molecule has 5 heteroatoms. The van der Waals surface area contributed by atoms with Crippen molar-refractivity contribution in [2.75, 3.05) is 19.8 Å². The molecule has 5 nitrogen and oxygen atoms in total. The molecule has 2 saturated carbocycles. The number of aliphatic hydroxyl groups excluding tert-OH is 1. The molecule has 160 valence electrons. The molecule has 1 aromatic rings. The maximum atomic E-state index is 12.4. The van der Waals surface area contributed by atoms with E-state index in [1.807, 2.05) is 12.1 Å². The Hall–Kier alpha value is -1.59. The number of carbonyl (C=O) groups excluding carboxylic acids is 1. The van der Waals surface area contributed by atoms with Gasteiger partial charge in [-0.05, 0) is 54.4 Å². The lowest BCUT2D eigenvalue weighted by Crippen LogP contribution is -2.59. The Morgan fingerprint density at radius 1 is 1.34 bits per heavy atom. The number of aliphatic hydroxyl groups is 1. The highest BCUT2D eigenvalue weighted by atomic mass is 16.5. The summed E-state index contributed by atoms with van der Waals surface area (Å²) in [6.07, 6.45) is 4.42. The second-order valence-electron chi connectivity index (χ2n) is 9.70. The van der Waals surface area contributed by atoms with E-state index in [9.17, 15) is 9.90 Å². The van der Waals surface area contributed by atoms with Gasteiger partial charge in [0.25, 0.3) is 0 Å². The molecule has 2 aliphatic carbocycles. The van der Waals surface area contributed by atoms with Gasteiger partial charge in [-0.15, -0.1) is 0 Å².